The van der Waals surface area contributed by atoms with Crippen LogP contribution in [0.5, 0.6) is 0 Å². The van der Waals surface area contributed by atoms with Gasteiger partial charge in [-0.05, 0) is 19.1 Å². The minimum absolute atomic E-state index is 0.00875. The number of nitrogens with two attached hydrogens (primary N) is 1. The Labute approximate surface area is 92.1 Å². The Balaban J connectivity index is 2.09. The second-order valence-corrected chi connectivity index (χ2v) is 4.26. The van der Waals surface area contributed by atoms with E-state index in [2.05, 4.69) is 10.4 Å². The first-order valence-corrected chi connectivity index (χ1v) is 5.58. The van der Waals surface area contributed by atoms with Gasteiger partial charge in [0.15, 0.2) is 0 Å². The van der Waals surface area contributed by atoms with Crippen LogP contribution in [-0.4, -0.2) is 4.98 Å². The van der Waals surface area contributed by atoms with Gasteiger partial charge in [-0.2, -0.15) is 0 Å². The third-order valence-electron chi connectivity index (χ3n) is 2.13. The van der Waals surface area contributed by atoms with E-state index in [1.807, 2.05) is 24.4 Å². The molecule has 0 saturated heterocycles. The number of thiazole rings is 1. The van der Waals surface area contributed by atoms with Gasteiger partial charge in [0.25, 0.3) is 0 Å². The van der Waals surface area contributed by atoms with Crippen LogP contribution in [0.3, 0.4) is 0 Å². The highest BCUT2D eigenvalue weighted by Crippen LogP contribution is 2.20. The number of hydrazine groups is 1. The molecule has 2 rings (SSSR count). The van der Waals surface area contributed by atoms with Crippen LogP contribution in [-0.2, 0) is 6.42 Å². The molecule has 0 aliphatic rings. The zero-order chi connectivity index (χ0) is 10.7. The van der Waals surface area contributed by atoms with Crippen LogP contribution in [0.25, 0.3) is 0 Å². The Morgan fingerprint density at radius 2 is 2.53 bits per heavy atom. The maximum atomic E-state index is 5.49. The SMILES string of the molecule is Cc1csc(CC(NN)c2ccco2)n1. The van der Waals surface area contributed by atoms with E-state index in [0.717, 1.165) is 22.9 Å². The van der Waals surface area contributed by atoms with Crippen LogP contribution >= 0.6 is 11.3 Å². The number of hydrogen-bond donors (Lipinski definition) is 2. The molecule has 0 aromatic carbocycles. The van der Waals surface area contributed by atoms with E-state index in [-0.39, 0.29) is 6.04 Å². The molecule has 3 N–H and O–H groups in total. The van der Waals surface area contributed by atoms with Crippen molar-refractivity contribution in [1.29, 1.82) is 0 Å². The summed E-state index contributed by atoms with van der Waals surface area (Å²) in [4.78, 5) is 4.39. The molecule has 80 valence electrons. The second kappa shape index (κ2) is 4.57. The lowest BCUT2D eigenvalue weighted by atomic mass is 10.2. The van der Waals surface area contributed by atoms with Gasteiger partial charge in [-0.15, -0.1) is 11.3 Å². The van der Waals surface area contributed by atoms with Gasteiger partial charge in [0, 0.05) is 17.5 Å². The lowest BCUT2D eigenvalue weighted by Gasteiger charge is -2.10. The summed E-state index contributed by atoms with van der Waals surface area (Å²) in [6, 6.07) is 3.75. The summed E-state index contributed by atoms with van der Waals surface area (Å²) in [5.74, 6) is 6.32. The Morgan fingerprint density at radius 3 is 3.07 bits per heavy atom. The fraction of sp³-hybridized carbons (Fsp3) is 0.300. The molecule has 4 nitrogen and oxygen atoms in total. The molecule has 2 heterocycles. The highest BCUT2D eigenvalue weighted by molar-refractivity contribution is 7.09. The van der Waals surface area contributed by atoms with Gasteiger partial charge in [0.1, 0.15) is 5.76 Å². The summed E-state index contributed by atoms with van der Waals surface area (Å²) < 4.78 is 5.30. The molecule has 0 aliphatic carbocycles. The largest absolute Gasteiger partial charge is 0.468 e. The minimum Gasteiger partial charge on any atom is -0.468 e. The van der Waals surface area contributed by atoms with Crippen LogP contribution in [0.2, 0.25) is 0 Å². The summed E-state index contributed by atoms with van der Waals surface area (Å²) in [5, 5.41) is 3.09. The number of rotatable bonds is 4. The molecule has 1 atom stereocenters. The summed E-state index contributed by atoms with van der Waals surface area (Å²) in [6.45, 7) is 1.98. The topological polar surface area (TPSA) is 64.1 Å². The Bertz CT molecular complexity index is 410. The highest BCUT2D eigenvalue weighted by Gasteiger charge is 2.14. The molecular formula is C10H13N3OS. The van der Waals surface area contributed by atoms with Gasteiger partial charge < -0.3 is 4.42 Å². The van der Waals surface area contributed by atoms with Crippen molar-refractivity contribution in [2.45, 2.75) is 19.4 Å². The zero-order valence-electron chi connectivity index (χ0n) is 8.43. The summed E-state index contributed by atoms with van der Waals surface area (Å²) >= 11 is 1.64. The van der Waals surface area contributed by atoms with Gasteiger partial charge in [-0.1, -0.05) is 0 Å². The molecule has 0 aliphatic heterocycles. The molecule has 0 radical (unpaired) electrons. The molecule has 0 saturated carbocycles. The first-order chi connectivity index (χ1) is 7.29. The number of nitrogens with one attached hydrogen (secondary N) is 1. The Hall–Kier alpha value is -1.17. The summed E-state index contributed by atoms with van der Waals surface area (Å²) in [6.07, 6.45) is 2.40. The smallest absolute Gasteiger partial charge is 0.122 e. The Morgan fingerprint density at radius 1 is 1.67 bits per heavy atom. The molecular weight excluding hydrogens is 210 g/mol. The maximum Gasteiger partial charge on any atom is 0.122 e. The van der Waals surface area contributed by atoms with Gasteiger partial charge >= 0.3 is 0 Å². The first kappa shape index (κ1) is 10.4. The number of hydrogen-bond acceptors (Lipinski definition) is 5. The second-order valence-electron chi connectivity index (χ2n) is 3.32. The van der Waals surface area contributed by atoms with E-state index in [9.17, 15) is 0 Å². The van der Waals surface area contributed by atoms with Crippen LogP contribution in [0.1, 0.15) is 22.5 Å². The lowest BCUT2D eigenvalue weighted by Crippen LogP contribution is -2.29. The van der Waals surface area contributed by atoms with Crippen LogP contribution in [0.4, 0.5) is 0 Å². The van der Waals surface area contributed by atoms with Crippen molar-refractivity contribution < 1.29 is 4.42 Å². The molecule has 2 aromatic rings. The number of aryl methyl sites for hydroxylation is 1. The fourth-order valence-corrected chi connectivity index (χ4v) is 2.22. The molecule has 2 aromatic heterocycles. The van der Waals surface area contributed by atoms with Crippen LogP contribution in [0.15, 0.2) is 28.2 Å². The standard InChI is InChI=1S/C10H13N3OS/c1-7-6-15-10(12-7)5-8(13-11)9-3-2-4-14-9/h2-4,6,8,13H,5,11H2,1H3. The maximum absolute atomic E-state index is 5.49. The first-order valence-electron chi connectivity index (χ1n) is 4.70. The lowest BCUT2D eigenvalue weighted by molar-refractivity contribution is 0.415. The minimum atomic E-state index is -0.00875. The van der Waals surface area contributed by atoms with E-state index < -0.39 is 0 Å². The van der Waals surface area contributed by atoms with E-state index >= 15 is 0 Å². The van der Waals surface area contributed by atoms with Crippen molar-refractivity contribution >= 4 is 11.3 Å². The predicted molar refractivity (Wildman–Crippen MR) is 59.3 cm³/mol. The number of nitrogens with zero attached hydrogens (tertiary/aromatic N) is 1. The van der Waals surface area contributed by atoms with Crippen molar-refractivity contribution in [3.8, 4) is 0 Å². The molecule has 1 unspecified atom stereocenters. The molecule has 5 heteroatoms. The zero-order valence-corrected chi connectivity index (χ0v) is 9.25. The van der Waals surface area contributed by atoms with Crippen molar-refractivity contribution in [3.05, 3.63) is 40.2 Å². The number of furan rings is 1. The van der Waals surface area contributed by atoms with Crippen LogP contribution in [0, 0.1) is 6.92 Å². The normalized spacial score (nSPS) is 12.9. The fourth-order valence-electron chi connectivity index (χ4n) is 1.40. The monoisotopic (exact) mass is 223 g/mol. The van der Waals surface area contributed by atoms with Crippen molar-refractivity contribution in [2.75, 3.05) is 0 Å². The third-order valence-corrected chi connectivity index (χ3v) is 3.12. The average molecular weight is 223 g/mol. The van der Waals surface area contributed by atoms with Gasteiger partial charge in [-0.3, -0.25) is 5.84 Å². The summed E-state index contributed by atoms with van der Waals surface area (Å²) in [7, 11) is 0. The van der Waals surface area contributed by atoms with E-state index in [1.165, 1.54) is 0 Å². The van der Waals surface area contributed by atoms with Gasteiger partial charge in [0.2, 0.25) is 0 Å². The van der Waals surface area contributed by atoms with Crippen molar-refractivity contribution in [1.82, 2.24) is 10.4 Å². The van der Waals surface area contributed by atoms with Crippen LogP contribution < -0.4 is 11.3 Å². The Kier molecular flexibility index (Phi) is 3.15. The predicted octanol–water partition coefficient (Wildman–Crippen LogP) is 1.79. The highest BCUT2D eigenvalue weighted by atomic mass is 32.1. The molecule has 0 amide bonds. The molecule has 0 spiro atoms. The van der Waals surface area contributed by atoms with Crippen molar-refractivity contribution in [2.24, 2.45) is 5.84 Å². The van der Waals surface area contributed by atoms with E-state index in [0.29, 0.717) is 0 Å². The van der Waals surface area contributed by atoms with Gasteiger partial charge in [-0.25, -0.2) is 10.4 Å². The van der Waals surface area contributed by atoms with E-state index in [4.69, 9.17) is 10.3 Å². The average Bonchev–Trinajstić information content (AvgIpc) is 2.85. The summed E-state index contributed by atoms with van der Waals surface area (Å²) in [5.41, 5.74) is 3.78. The third kappa shape index (κ3) is 2.44. The molecule has 0 fully saturated rings. The molecule has 0 bridgehead atoms. The van der Waals surface area contributed by atoms with E-state index in [1.54, 1.807) is 17.6 Å². The van der Waals surface area contributed by atoms with Crippen molar-refractivity contribution in [3.63, 3.8) is 0 Å². The van der Waals surface area contributed by atoms with Gasteiger partial charge in [0.05, 0.1) is 17.3 Å². The quantitative estimate of drug-likeness (QED) is 0.612. The molecule has 15 heavy (non-hydrogen) atoms. The number of aromatic nitrogens is 1.